The summed E-state index contributed by atoms with van der Waals surface area (Å²) in [7, 11) is -3.50. The van der Waals surface area contributed by atoms with Gasteiger partial charge >= 0.3 is 0 Å². The third-order valence-corrected chi connectivity index (χ3v) is 4.77. The fourth-order valence-corrected chi connectivity index (χ4v) is 3.35. The van der Waals surface area contributed by atoms with Gasteiger partial charge in [-0.2, -0.15) is 4.31 Å². The van der Waals surface area contributed by atoms with Crippen LogP contribution in [0.25, 0.3) is 0 Å². The Morgan fingerprint density at radius 2 is 2.06 bits per heavy atom. The SMILES string of the molecule is C=CCN(C(C)C)S(=O)(=O)c1ccc(N)c(C)c1. The molecule has 0 saturated carbocycles. The number of nitrogens with two attached hydrogens (primary N) is 1. The molecule has 0 aliphatic heterocycles. The number of sulfonamides is 1. The van der Waals surface area contributed by atoms with Crippen LogP contribution in [0, 0.1) is 6.92 Å². The Kier molecular flexibility index (Phi) is 4.53. The maximum absolute atomic E-state index is 12.5. The second-order valence-corrected chi connectivity index (χ2v) is 6.37. The summed E-state index contributed by atoms with van der Waals surface area (Å²) >= 11 is 0. The van der Waals surface area contributed by atoms with Gasteiger partial charge in [-0.25, -0.2) is 8.42 Å². The molecule has 0 aliphatic rings. The molecule has 2 N–H and O–H groups in total. The lowest BCUT2D eigenvalue weighted by molar-refractivity contribution is 0.383. The van der Waals surface area contributed by atoms with E-state index in [0.717, 1.165) is 5.56 Å². The molecule has 0 saturated heterocycles. The zero-order valence-corrected chi connectivity index (χ0v) is 11.9. The van der Waals surface area contributed by atoms with Gasteiger partial charge in [-0.05, 0) is 44.5 Å². The molecule has 100 valence electrons. The predicted molar refractivity (Wildman–Crippen MR) is 74.8 cm³/mol. The molecule has 0 amide bonds. The van der Waals surface area contributed by atoms with Gasteiger partial charge in [-0.3, -0.25) is 0 Å². The van der Waals surface area contributed by atoms with Gasteiger partial charge in [0.2, 0.25) is 10.0 Å². The average Bonchev–Trinajstić information content (AvgIpc) is 2.28. The van der Waals surface area contributed by atoms with Crippen molar-refractivity contribution < 1.29 is 8.42 Å². The van der Waals surface area contributed by atoms with Crippen LogP contribution in [0.2, 0.25) is 0 Å². The highest BCUT2D eigenvalue weighted by molar-refractivity contribution is 7.89. The van der Waals surface area contributed by atoms with Crippen molar-refractivity contribution in [3.63, 3.8) is 0 Å². The van der Waals surface area contributed by atoms with Crippen LogP contribution in [-0.4, -0.2) is 25.3 Å². The van der Waals surface area contributed by atoms with Crippen LogP contribution < -0.4 is 5.73 Å². The quantitative estimate of drug-likeness (QED) is 0.657. The summed E-state index contributed by atoms with van der Waals surface area (Å²) < 4.78 is 26.3. The minimum absolute atomic E-state index is 0.120. The Hall–Kier alpha value is -1.33. The summed E-state index contributed by atoms with van der Waals surface area (Å²) in [6.45, 7) is 9.36. The molecule has 0 unspecified atom stereocenters. The second kappa shape index (κ2) is 5.54. The summed E-state index contributed by atoms with van der Waals surface area (Å²) in [4.78, 5) is 0.268. The Balaban J connectivity index is 3.26. The molecule has 0 bridgehead atoms. The van der Waals surface area contributed by atoms with Crippen molar-refractivity contribution in [3.8, 4) is 0 Å². The van der Waals surface area contributed by atoms with Crippen LogP contribution in [-0.2, 0) is 10.0 Å². The van der Waals surface area contributed by atoms with E-state index in [-0.39, 0.29) is 10.9 Å². The van der Waals surface area contributed by atoms with Crippen molar-refractivity contribution in [3.05, 3.63) is 36.4 Å². The number of hydrogen-bond acceptors (Lipinski definition) is 3. The zero-order valence-electron chi connectivity index (χ0n) is 11.1. The average molecular weight is 268 g/mol. The largest absolute Gasteiger partial charge is 0.399 e. The first-order valence-corrected chi connectivity index (χ1v) is 7.23. The monoisotopic (exact) mass is 268 g/mol. The van der Waals surface area contributed by atoms with Crippen molar-refractivity contribution in [1.29, 1.82) is 0 Å². The number of hydrogen-bond donors (Lipinski definition) is 1. The molecule has 0 aliphatic carbocycles. The molecule has 0 fully saturated rings. The Labute approximate surface area is 109 Å². The van der Waals surface area contributed by atoms with Crippen LogP contribution in [0.1, 0.15) is 19.4 Å². The van der Waals surface area contributed by atoms with E-state index >= 15 is 0 Å². The van der Waals surface area contributed by atoms with E-state index in [1.165, 1.54) is 10.4 Å². The van der Waals surface area contributed by atoms with Crippen molar-refractivity contribution >= 4 is 15.7 Å². The Bertz CT molecular complexity index is 536. The topological polar surface area (TPSA) is 63.4 Å². The van der Waals surface area contributed by atoms with E-state index in [1.807, 2.05) is 13.8 Å². The third kappa shape index (κ3) is 2.91. The molecule has 1 aromatic rings. The molecule has 18 heavy (non-hydrogen) atoms. The lowest BCUT2D eigenvalue weighted by Gasteiger charge is -2.24. The number of aryl methyl sites for hydroxylation is 1. The summed E-state index contributed by atoms with van der Waals surface area (Å²) in [6.07, 6.45) is 1.59. The highest BCUT2D eigenvalue weighted by Gasteiger charge is 2.26. The van der Waals surface area contributed by atoms with Crippen LogP contribution in [0.5, 0.6) is 0 Å². The van der Waals surface area contributed by atoms with E-state index in [4.69, 9.17) is 5.73 Å². The van der Waals surface area contributed by atoms with E-state index in [1.54, 1.807) is 25.1 Å². The van der Waals surface area contributed by atoms with Crippen molar-refractivity contribution in [2.45, 2.75) is 31.7 Å². The molecule has 0 radical (unpaired) electrons. The van der Waals surface area contributed by atoms with Gasteiger partial charge < -0.3 is 5.73 Å². The molecular weight excluding hydrogens is 248 g/mol. The molecule has 1 rings (SSSR count). The standard InChI is InChI=1S/C13H20N2O2S/c1-5-8-15(10(2)3)18(16,17)12-6-7-13(14)11(4)9-12/h5-7,9-10H,1,8,14H2,2-4H3. The van der Waals surface area contributed by atoms with Gasteiger partial charge in [0.1, 0.15) is 0 Å². The first-order valence-electron chi connectivity index (χ1n) is 5.79. The normalized spacial score (nSPS) is 12.1. The fraction of sp³-hybridized carbons (Fsp3) is 0.385. The molecule has 0 aromatic heterocycles. The number of rotatable bonds is 5. The highest BCUT2D eigenvalue weighted by atomic mass is 32.2. The second-order valence-electron chi connectivity index (χ2n) is 4.48. The molecule has 4 nitrogen and oxygen atoms in total. The van der Waals surface area contributed by atoms with Gasteiger partial charge in [-0.15, -0.1) is 6.58 Å². The van der Waals surface area contributed by atoms with E-state index in [9.17, 15) is 8.42 Å². The number of nitrogens with zero attached hydrogens (tertiary/aromatic N) is 1. The van der Waals surface area contributed by atoms with E-state index < -0.39 is 10.0 Å². The summed E-state index contributed by atoms with van der Waals surface area (Å²) in [5.41, 5.74) is 7.06. The lowest BCUT2D eigenvalue weighted by Crippen LogP contribution is -2.37. The Morgan fingerprint density at radius 3 is 2.50 bits per heavy atom. The maximum Gasteiger partial charge on any atom is 0.243 e. The van der Waals surface area contributed by atoms with E-state index in [2.05, 4.69) is 6.58 Å². The van der Waals surface area contributed by atoms with Gasteiger partial charge in [0.25, 0.3) is 0 Å². The zero-order chi connectivity index (χ0) is 13.9. The molecule has 0 heterocycles. The van der Waals surface area contributed by atoms with Gasteiger partial charge in [0, 0.05) is 18.3 Å². The van der Waals surface area contributed by atoms with Crippen LogP contribution in [0.4, 0.5) is 5.69 Å². The third-order valence-electron chi connectivity index (χ3n) is 2.73. The minimum Gasteiger partial charge on any atom is -0.399 e. The molecule has 1 aromatic carbocycles. The smallest absolute Gasteiger partial charge is 0.243 e. The Morgan fingerprint density at radius 1 is 1.44 bits per heavy atom. The van der Waals surface area contributed by atoms with Gasteiger partial charge in [0.15, 0.2) is 0 Å². The summed E-state index contributed by atoms with van der Waals surface area (Å²) in [5.74, 6) is 0. The van der Waals surface area contributed by atoms with Crippen molar-refractivity contribution in [1.82, 2.24) is 4.31 Å². The van der Waals surface area contributed by atoms with Crippen LogP contribution in [0.15, 0.2) is 35.7 Å². The van der Waals surface area contributed by atoms with Crippen molar-refractivity contribution in [2.24, 2.45) is 0 Å². The maximum atomic E-state index is 12.5. The fourth-order valence-electron chi connectivity index (χ4n) is 1.66. The first-order chi connectivity index (χ1) is 8.30. The molecule has 0 atom stereocenters. The molecule has 5 heteroatoms. The lowest BCUT2D eigenvalue weighted by atomic mass is 10.2. The first kappa shape index (κ1) is 14.7. The molecule has 0 spiro atoms. The highest BCUT2D eigenvalue weighted by Crippen LogP contribution is 2.22. The molecular formula is C13H20N2O2S. The van der Waals surface area contributed by atoms with E-state index in [0.29, 0.717) is 12.2 Å². The number of benzene rings is 1. The number of nitrogen functional groups attached to an aromatic ring is 1. The summed E-state index contributed by atoms with van der Waals surface area (Å²) in [6, 6.07) is 4.64. The van der Waals surface area contributed by atoms with Gasteiger partial charge in [-0.1, -0.05) is 6.08 Å². The van der Waals surface area contributed by atoms with Crippen LogP contribution in [0.3, 0.4) is 0 Å². The van der Waals surface area contributed by atoms with Crippen LogP contribution >= 0.6 is 0 Å². The predicted octanol–water partition coefficient (Wildman–Crippen LogP) is 2.16. The van der Waals surface area contributed by atoms with Gasteiger partial charge in [0.05, 0.1) is 4.90 Å². The van der Waals surface area contributed by atoms with Crippen molar-refractivity contribution in [2.75, 3.05) is 12.3 Å². The number of anilines is 1. The minimum atomic E-state index is -3.50. The summed E-state index contributed by atoms with van der Waals surface area (Å²) in [5, 5.41) is 0.